The molecule has 186 valence electrons. The monoisotopic (exact) mass is 498 g/mol. The molecule has 0 saturated carbocycles. The Bertz CT molecular complexity index is 967. The zero-order chi connectivity index (χ0) is 24.8. The van der Waals surface area contributed by atoms with Crippen molar-refractivity contribution in [1.29, 1.82) is 0 Å². The molecule has 2 fully saturated rings. The molecule has 3 heterocycles. The first kappa shape index (κ1) is 26.2. The van der Waals surface area contributed by atoms with Crippen LogP contribution in [-0.4, -0.2) is 71.3 Å². The minimum atomic E-state index is -5.08. The molecule has 34 heavy (non-hydrogen) atoms. The predicted molar refractivity (Wildman–Crippen MR) is 123 cm³/mol. The maximum atomic E-state index is 13.0. The van der Waals surface area contributed by atoms with E-state index in [1.807, 2.05) is 47.4 Å². The van der Waals surface area contributed by atoms with Crippen LogP contribution in [0, 0.1) is 6.92 Å². The number of amides is 1. The summed E-state index contributed by atoms with van der Waals surface area (Å²) in [4.78, 5) is 27.9. The van der Waals surface area contributed by atoms with Gasteiger partial charge in [0.15, 0.2) is 0 Å². The van der Waals surface area contributed by atoms with E-state index in [1.54, 1.807) is 0 Å². The number of aryl methyl sites for hydroxylation is 1. The molecule has 1 aromatic heterocycles. The molecule has 1 N–H and O–H groups in total. The first-order valence-electron chi connectivity index (χ1n) is 11.1. The molecule has 0 bridgehead atoms. The lowest BCUT2D eigenvalue weighted by Crippen LogP contribution is -2.51. The lowest BCUT2D eigenvalue weighted by Gasteiger charge is -2.42. The molecule has 1 spiro atoms. The fourth-order valence-electron chi connectivity index (χ4n) is 4.34. The number of morpholine rings is 1. The first-order valence-corrected chi connectivity index (χ1v) is 12.0. The van der Waals surface area contributed by atoms with Crippen LogP contribution in [0.5, 0.6) is 0 Å². The molecule has 1 atom stereocenters. The quantitative estimate of drug-likeness (QED) is 0.671. The highest BCUT2D eigenvalue weighted by Crippen LogP contribution is 2.31. The topological polar surface area (TPSA) is 70.1 Å². The number of alkyl halides is 3. The lowest BCUT2D eigenvalue weighted by molar-refractivity contribution is -0.192. The van der Waals surface area contributed by atoms with Crippen LogP contribution < -0.4 is 0 Å². The van der Waals surface area contributed by atoms with Gasteiger partial charge in [0.25, 0.3) is 5.91 Å². The minimum Gasteiger partial charge on any atom is -0.475 e. The van der Waals surface area contributed by atoms with Gasteiger partial charge in [-0.2, -0.15) is 13.2 Å². The summed E-state index contributed by atoms with van der Waals surface area (Å²) in [5.41, 5.74) is 1.78. The van der Waals surface area contributed by atoms with E-state index in [0.717, 1.165) is 69.7 Å². The lowest BCUT2D eigenvalue weighted by atomic mass is 9.92. The molecule has 2 aromatic rings. The Hall–Kier alpha value is -2.43. The molecule has 2 saturated heterocycles. The average molecular weight is 499 g/mol. The van der Waals surface area contributed by atoms with Crippen molar-refractivity contribution >= 4 is 23.2 Å². The Labute approximate surface area is 200 Å². The summed E-state index contributed by atoms with van der Waals surface area (Å²) in [6.07, 6.45) is -2.12. The van der Waals surface area contributed by atoms with Gasteiger partial charge in [-0.1, -0.05) is 24.3 Å². The summed E-state index contributed by atoms with van der Waals surface area (Å²) in [5.74, 6) is -2.59. The van der Waals surface area contributed by atoms with Crippen molar-refractivity contribution in [2.45, 2.75) is 44.5 Å². The van der Waals surface area contributed by atoms with Crippen molar-refractivity contribution in [3.05, 3.63) is 57.8 Å². The van der Waals surface area contributed by atoms with Crippen molar-refractivity contribution in [1.82, 2.24) is 9.80 Å². The Balaban J connectivity index is 0.000000406. The average Bonchev–Trinajstić information content (AvgIpc) is 3.21. The Kier molecular flexibility index (Phi) is 8.72. The number of thiophene rings is 1. The molecule has 1 amide bonds. The molecule has 6 nitrogen and oxygen atoms in total. The molecule has 1 aromatic carbocycles. The van der Waals surface area contributed by atoms with Crippen molar-refractivity contribution in [2.75, 3.05) is 32.8 Å². The number of aliphatic carboxylic acids is 1. The SMILES string of the molecule is Cc1ccccc1C(=O)N1CCCC2(CC1)CN(Cc1cccs1)CCO2.O=C(O)C(F)(F)F. The highest BCUT2D eigenvalue weighted by molar-refractivity contribution is 7.09. The van der Waals surface area contributed by atoms with Gasteiger partial charge < -0.3 is 14.7 Å². The van der Waals surface area contributed by atoms with Crippen molar-refractivity contribution in [3.8, 4) is 0 Å². The van der Waals surface area contributed by atoms with Crippen LogP contribution in [0.4, 0.5) is 13.2 Å². The van der Waals surface area contributed by atoms with Crippen molar-refractivity contribution < 1.29 is 32.6 Å². The van der Waals surface area contributed by atoms with Gasteiger partial charge in [-0.3, -0.25) is 9.69 Å². The first-order chi connectivity index (χ1) is 16.1. The summed E-state index contributed by atoms with van der Waals surface area (Å²) in [6.45, 7) is 7.37. The Morgan fingerprint density at radius 1 is 1.12 bits per heavy atom. The second-order valence-electron chi connectivity index (χ2n) is 8.59. The number of ether oxygens (including phenoxy) is 1. The molecule has 0 aliphatic carbocycles. The summed E-state index contributed by atoms with van der Waals surface area (Å²) in [5, 5.41) is 9.27. The second-order valence-corrected chi connectivity index (χ2v) is 9.62. The number of carboxylic acid groups (broad SMARTS) is 1. The number of halogens is 3. The summed E-state index contributed by atoms with van der Waals surface area (Å²) >= 11 is 1.82. The van der Waals surface area contributed by atoms with E-state index in [2.05, 4.69) is 22.4 Å². The van der Waals surface area contributed by atoms with Gasteiger partial charge in [-0.25, -0.2) is 4.79 Å². The van der Waals surface area contributed by atoms with Crippen LogP contribution in [0.25, 0.3) is 0 Å². The normalized spacial score (nSPS) is 21.5. The number of benzene rings is 1. The van der Waals surface area contributed by atoms with Gasteiger partial charge in [0.1, 0.15) is 0 Å². The van der Waals surface area contributed by atoms with Gasteiger partial charge in [0.05, 0.1) is 12.2 Å². The van der Waals surface area contributed by atoms with Crippen LogP contribution in [0.2, 0.25) is 0 Å². The molecule has 10 heteroatoms. The van der Waals surface area contributed by atoms with Gasteiger partial charge in [0, 0.05) is 43.2 Å². The summed E-state index contributed by atoms with van der Waals surface area (Å²) < 4.78 is 38.1. The van der Waals surface area contributed by atoms with E-state index in [4.69, 9.17) is 14.6 Å². The maximum Gasteiger partial charge on any atom is 0.490 e. The third-order valence-corrected chi connectivity index (χ3v) is 6.95. The molecule has 2 aliphatic rings. The van der Waals surface area contributed by atoms with Crippen LogP contribution in [-0.2, 0) is 16.1 Å². The van der Waals surface area contributed by atoms with E-state index >= 15 is 0 Å². The summed E-state index contributed by atoms with van der Waals surface area (Å²) in [6, 6.07) is 12.2. The predicted octanol–water partition coefficient (Wildman–Crippen LogP) is 4.59. The standard InChI is InChI=1S/C22H28N2O2S.C2HF3O2/c1-18-6-2-3-8-20(18)21(25)24-11-5-9-22(10-12-24)17-23(13-14-26-22)16-19-7-4-15-27-19;3-2(4,5)1(6)7/h2-4,6-8,15H,5,9-14,16-17H2,1H3;(H,6,7). The largest absolute Gasteiger partial charge is 0.490 e. The molecule has 1 unspecified atom stereocenters. The number of rotatable bonds is 3. The Morgan fingerprint density at radius 2 is 1.85 bits per heavy atom. The van der Waals surface area contributed by atoms with Crippen molar-refractivity contribution in [3.63, 3.8) is 0 Å². The zero-order valence-electron chi connectivity index (χ0n) is 19.0. The maximum absolute atomic E-state index is 13.0. The van der Waals surface area contributed by atoms with Crippen LogP contribution >= 0.6 is 11.3 Å². The number of carboxylic acids is 1. The van der Waals surface area contributed by atoms with Crippen LogP contribution in [0.3, 0.4) is 0 Å². The van der Waals surface area contributed by atoms with E-state index in [-0.39, 0.29) is 11.5 Å². The van der Waals surface area contributed by atoms with Gasteiger partial charge in [0.2, 0.25) is 0 Å². The Morgan fingerprint density at radius 3 is 2.50 bits per heavy atom. The van der Waals surface area contributed by atoms with Gasteiger partial charge >= 0.3 is 12.1 Å². The number of carbonyl (C=O) groups is 2. The fourth-order valence-corrected chi connectivity index (χ4v) is 5.08. The summed E-state index contributed by atoms with van der Waals surface area (Å²) in [7, 11) is 0. The molecule has 4 rings (SSSR count). The second kappa shape index (κ2) is 11.3. The van der Waals surface area contributed by atoms with E-state index in [9.17, 15) is 18.0 Å². The minimum absolute atomic E-state index is 0.101. The smallest absolute Gasteiger partial charge is 0.475 e. The fraction of sp³-hybridized carbons (Fsp3) is 0.500. The van der Waals surface area contributed by atoms with Crippen molar-refractivity contribution in [2.24, 2.45) is 0 Å². The highest BCUT2D eigenvalue weighted by atomic mass is 32.1. The van der Waals surface area contributed by atoms with E-state index in [1.165, 1.54) is 4.88 Å². The number of likely N-dealkylation sites (tertiary alicyclic amines) is 1. The highest BCUT2D eigenvalue weighted by Gasteiger charge is 2.39. The number of carbonyl (C=O) groups excluding carboxylic acids is 1. The molecular formula is C24H29F3N2O4S. The molecule has 0 radical (unpaired) electrons. The van der Waals surface area contributed by atoms with E-state index in [0.29, 0.717) is 0 Å². The number of nitrogens with zero attached hydrogens (tertiary/aromatic N) is 2. The van der Waals surface area contributed by atoms with Gasteiger partial charge in [-0.05, 0) is 49.3 Å². The van der Waals surface area contributed by atoms with Crippen LogP contribution in [0.1, 0.15) is 40.1 Å². The third kappa shape index (κ3) is 7.04. The molecule has 2 aliphatic heterocycles. The van der Waals surface area contributed by atoms with E-state index < -0.39 is 12.1 Å². The molecular weight excluding hydrogens is 469 g/mol. The van der Waals surface area contributed by atoms with Crippen LogP contribution in [0.15, 0.2) is 41.8 Å². The number of hydrogen-bond acceptors (Lipinski definition) is 5. The zero-order valence-corrected chi connectivity index (χ0v) is 19.8. The van der Waals surface area contributed by atoms with Gasteiger partial charge in [-0.15, -0.1) is 11.3 Å². The number of hydrogen-bond donors (Lipinski definition) is 1. The third-order valence-electron chi connectivity index (χ3n) is 6.09.